The molecule has 0 saturated heterocycles. The molecule has 0 aliphatic rings. The lowest BCUT2D eigenvalue weighted by molar-refractivity contribution is 0.301. The third-order valence-corrected chi connectivity index (χ3v) is 5.58. The Bertz CT molecular complexity index is 948. The van der Waals surface area contributed by atoms with Crippen molar-refractivity contribution < 1.29 is 9.13 Å². The van der Waals surface area contributed by atoms with Crippen molar-refractivity contribution in [2.75, 3.05) is 5.32 Å². The number of benzene rings is 3. The van der Waals surface area contributed by atoms with E-state index in [1.165, 1.54) is 12.1 Å². The van der Waals surface area contributed by atoms with E-state index in [-0.39, 0.29) is 5.82 Å². The predicted molar refractivity (Wildman–Crippen MR) is 116 cm³/mol. The Morgan fingerprint density at radius 3 is 2.56 bits per heavy atom. The van der Waals surface area contributed by atoms with E-state index in [2.05, 4.69) is 37.2 Å². The van der Waals surface area contributed by atoms with Crippen molar-refractivity contribution in [3.05, 3.63) is 91.1 Å². The lowest BCUT2D eigenvalue weighted by atomic mass is 10.1. The van der Waals surface area contributed by atoms with Crippen LogP contribution in [0.1, 0.15) is 16.7 Å². The monoisotopic (exact) mass is 511 g/mol. The molecule has 0 unspecified atom stereocenters. The van der Waals surface area contributed by atoms with Crippen molar-refractivity contribution in [2.24, 2.45) is 0 Å². The molecule has 140 valence electrons. The molecule has 0 bridgehead atoms. The van der Waals surface area contributed by atoms with Crippen LogP contribution in [0.4, 0.5) is 10.1 Å². The second-order valence-electron chi connectivity index (χ2n) is 6.06. The van der Waals surface area contributed by atoms with E-state index in [9.17, 15) is 4.39 Å². The minimum Gasteiger partial charge on any atom is -0.487 e. The van der Waals surface area contributed by atoms with E-state index in [1.54, 1.807) is 12.1 Å². The van der Waals surface area contributed by atoms with Crippen LogP contribution in [0.2, 0.25) is 5.02 Å². The predicted octanol–water partition coefficient (Wildman–Crippen LogP) is 7.50. The highest BCUT2D eigenvalue weighted by atomic mass is 79.9. The number of halogens is 4. The number of nitrogens with one attached hydrogen (secondary N) is 1. The molecule has 0 aliphatic carbocycles. The van der Waals surface area contributed by atoms with Crippen LogP contribution >= 0.6 is 43.5 Å². The van der Waals surface area contributed by atoms with Gasteiger partial charge in [0.05, 0.1) is 4.47 Å². The first kappa shape index (κ1) is 20.2. The molecule has 0 aliphatic heterocycles. The molecular formula is C21H17Br2ClFNO. The number of hydrogen-bond donors (Lipinski definition) is 1. The fourth-order valence-electron chi connectivity index (χ4n) is 2.63. The SMILES string of the molecule is Cc1c(Cl)cccc1NCc1cc(Br)cc(Br)c1OCc1ccc(F)cc1. The molecular weight excluding hydrogens is 496 g/mol. The topological polar surface area (TPSA) is 21.3 Å². The Balaban J connectivity index is 1.79. The molecule has 0 aromatic heterocycles. The van der Waals surface area contributed by atoms with Crippen molar-refractivity contribution >= 4 is 49.1 Å². The van der Waals surface area contributed by atoms with Gasteiger partial charge in [-0.1, -0.05) is 45.7 Å². The Morgan fingerprint density at radius 2 is 1.81 bits per heavy atom. The highest BCUT2D eigenvalue weighted by molar-refractivity contribution is 9.11. The molecule has 0 fully saturated rings. The summed E-state index contributed by atoms with van der Waals surface area (Å²) in [6, 6.07) is 16.0. The van der Waals surface area contributed by atoms with E-state index in [0.29, 0.717) is 13.2 Å². The van der Waals surface area contributed by atoms with E-state index in [0.717, 1.165) is 42.1 Å². The summed E-state index contributed by atoms with van der Waals surface area (Å²) in [7, 11) is 0. The molecule has 0 heterocycles. The first-order valence-corrected chi connectivity index (χ1v) is 10.2. The van der Waals surface area contributed by atoms with Crippen molar-refractivity contribution in [1.82, 2.24) is 0 Å². The summed E-state index contributed by atoms with van der Waals surface area (Å²) in [5.74, 6) is 0.486. The summed E-state index contributed by atoms with van der Waals surface area (Å²) < 4.78 is 20.9. The Morgan fingerprint density at radius 1 is 1.07 bits per heavy atom. The third kappa shape index (κ3) is 5.24. The van der Waals surface area contributed by atoms with Gasteiger partial charge in [-0.2, -0.15) is 0 Å². The summed E-state index contributed by atoms with van der Waals surface area (Å²) >= 11 is 13.3. The van der Waals surface area contributed by atoms with E-state index >= 15 is 0 Å². The minimum absolute atomic E-state index is 0.259. The van der Waals surface area contributed by atoms with Gasteiger partial charge in [0.15, 0.2) is 0 Å². The maximum atomic E-state index is 13.1. The van der Waals surface area contributed by atoms with Gasteiger partial charge in [-0.3, -0.25) is 0 Å². The second-order valence-corrected chi connectivity index (χ2v) is 8.23. The number of ether oxygens (including phenoxy) is 1. The first-order valence-electron chi connectivity index (χ1n) is 8.28. The maximum absolute atomic E-state index is 13.1. The molecule has 6 heteroatoms. The zero-order chi connectivity index (χ0) is 19.4. The van der Waals surface area contributed by atoms with Crippen molar-refractivity contribution in [3.63, 3.8) is 0 Å². The smallest absolute Gasteiger partial charge is 0.139 e. The van der Waals surface area contributed by atoms with Crippen molar-refractivity contribution in [2.45, 2.75) is 20.1 Å². The average molecular weight is 514 g/mol. The largest absolute Gasteiger partial charge is 0.487 e. The molecule has 0 amide bonds. The zero-order valence-corrected chi connectivity index (χ0v) is 18.5. The van der Waals surface area contributed by atoms with Gasteiger partial charge in [-0.15, -0.1) is 0 Å². The normalized spacial score (nSPS) is 10.7. The van der Waals surface area contributed by atoms with Crippen molar-refractivity contribution in [1.29, 1.82) is 0 Å². The molecule has 0 radical (unpaired) electrons. The standard InChI is InChI=1S/C21H17Br2ClFNO/c1-13-19(24)3-2-4-20(13)26-11-15-9-16(22)10-18(23)21(15)27-12-14-5-7-17(25)8-6-14/h2-10,26H,11-12H2,1H3. The molecule has 27 heavy (non-hydrogen) atoms. The minimum atomic E-state index is -0.259. The summed E-state index contributed by atoms with van der Waals surface area (Å²) in [6.07, 6.45) is 0. The van der Waals surface area contributed by atoms with Crippen molar-refractivity contribution in [3.8, 4) is 5.75 Å². The molecule has 0 spiro atoms. The lowest BCUT2D eigenvalue weighted by Crippen LogP contribution is -2.05. The van der Waals surface area contributed by atoms with Gasteiger partial charge in [-0.05, 0) is 70.4 Å². The van der Waals surface area contributed by atoms with Crippen LogP contribution in [0.15, 0.2) is 63.5 Å². The Hall–Kier alpha value is -1.56. The lowest BCUT2D eigenvalue weighted by Gasteiger charge is -2.16. The van der Waals surface area contributed by atoms with E-state index in [1.807, 2.05) is 37.3 Å². The van der Waals surface area contributed by atoms with Gasteiger partial charge in [0.1, 0.15) is 18.2 Å². The summed E-state index contributed by atoms with van der Waals surface area (Å²) in [5.41, 5.74) is 3.86. The number of hydrogen-bond acceptors (Lipinski definition) is 2. The second kappa shape index (κ2) is 9.09. The van der Waals surface area contributed by atoms with E-state index in [4.69, 9.17) is 16.3 Å². The Labute approximate surface area is 180 Å². The van der Waals surface area contributed by atoms with Crippen LogP contribution in [0.5, 0.6) is 5.75 Å². The third-order valence-electron chi connectivity index (χ3n) is 4.12. The van der Waals surface area contributed by atoms with Gasteiger partial charge in [0.2, 0.25) is 0 Å². The van der Waals surface area contributed by atoms with Crippen LogP contribution in [0.3, 0.4) is 0 Å². The van der Waals surface area contributed by atoms with Crippen LogP contribution in [-0.2, 0) is 13.2 Å². The van der Waals surface area contributed by atoms with Gasteiger partial charge in [-0.25, -0.2) is 4.39 Å². The Kier molecular flexibility index (Phi) is 6.79. The maximum Gasteiger partial charge on any atom is 0.139 e. The molecule has 0 atom stereocenters. The fraction of sp³-hybridized carbons (Fsp3) is 0.143. The van der Waals surface area contributed by atoms with Gasteiger partial charge < -0.3 is 10.1 Å². The highest BCUT2D eigenvalue weighted by Gasteiger charge is 2.12. The molecule has 3 aromatic carbocycles. The van der Waals surface area contributed by atoms with Gasteiger partial charge in [0, 0.05) is 27.3 Å². The summed E-state index contributed by atoms with van der Waals surface area (Å²) in [5, 5.41) is 4.14. The van der Waals surface area contributed by atoms with E-state index < -0.39 is 0 Å². The summed E-state index contributed by atoms with van der Waals surface area (Å²) in [6.45, 7) is 2.90. The summed E-state index contributed by atoms with van der Waals surface area (Å²) in [4.78, 5) is 0. The quantitative estimate of drug-likeness (QED) is 0.368. The van der Waals surface area contributed by atoms with Crippen LogP contribution in [0.25, 0.3) is 0 Å². The first-order chi connectivity index (χ1) is 12.9. The zero-order valence-electron chi connectivity index (χ0n) is 14.5. The van der Waals surface area contributed by atoms with Gasteiger partial charge in [0.25, 0.3) is 0 Å². The fourth-order valence-corrected chi connectivity index (χ4v) is 4.23. The van der Waals surface area contributed by atoms with Crippen LogP contribution in [0, 0.1) is 12.7 Å². The highest BCUT2D eigenvalue weighted by Crippen LogP contribution is 2.34. The number of rotatable bonds is 6. The molecule has 3 aromatic rings. The van der Waals surface area contributed by atoms with Gasteiger partial charge >= 0.3 is 0 Å². The number of anilines is 1. The van der Waals surface area contributed by atoms with Crippen LogP contribution < -0.4 is 10.1 Å². The molecule has 2 nitrogen and oxygen atoms in total. The average Bonchev–Trinajstić information content (AvgIpc) is 2.63. The molecule has 1 N–H and O–H groups in total. The molecule has 0 saturated carbocycles. The molecule has 3 rings (SSSR count). The van der Waals surface area contributed by atoms with Crippen LogP contribution in [-0.4, -0.2) is 0 Å².